The van der Waals surface area contributed by atoms with Crippen molar-refractivity contribution in [2.75, 3.05) is 13.1 Å². The first-order chi connectivity index (χ1) is 7.15. The van der Waals surface area contributed by atoms with Crippen molar-refractivity contribution < 1.29 is 4.79 Å². The normalized spacial score (nSPS) is 10.1. The van der Waals surface area contributed by atoms with E-state index in [1.165, 1.54) is 0 Å². The Bertz CT molecular complexity index is 352. The van der Waals surface area contributed by atoms with Crippen LogP contribution in [0.25, 0.3) is 0 Å². The molecule has 1 amide bonds. The molecule has 0 saturated carbocycles. The number of carbonyl (C=O) groups excluding carboxylic acids is 1. The van der Waals surface area contributed by atoms with Gasteiger partial charge in [-0.1, -0.05) is 11.6 Å². The summed E-state index contributed by atoms with van der Waals surface area (Å²) in [5.41, 5.74) is 7.09. The highest BCUT2D eigenvalue weighted by Gasteiger charge is 2.08. The molecule has 0 unspecified atom stereocenters. The fourth-order valence-corrected chi connectivity index (χ4v) is 1.64. The number of halogens is 1. The lowest BCUT2D eigenvalue weighted by atomic mass is 10.1. The molecule has 0 bridgehead atoms. The molecule has 15 heavy (non-hydrogen) atoms. The molecule has 82 valence electrons. The predicted molar refractivity (Wildman–Crippen MR) is 64.9 cm³/mol. The van der Waals surface area contributed by atoms with E-state index in [0.29, 0.717) is 18.7 Å². The largest absolute Gasteiger partial charge is 0.352 e. The number of benzene rings is 1. The first kappa shape index (κ1) is 12.2. The van der Waals surface area contributed by atoms with Gasteiger partial charge < -0.3 is 11.1 Å². The molecule has 1 aromatic carbocycles. The summed E-state index contributed by atoms with van der Waals surface area (Å²) in [6.45, 7) is 3.17. The van der Waals surface area contributed by atoms with Crippen molar-refractivity contribution in [1.29, 1.82) is 0 Å². The zero-order chi connectivity index (χ0) is 11.3. The second kappa shape index (κ2) is 5.88. The van der Waals surface area contributed by atoms with Crippen molar-refractivity contribution >= 4 is 21.8 Å². The molecule has 0 aromatic heterocycles. The summed E-state index contributed by atoms with van der Waals surface area (Å²) in [7, 11) is 0. The van der Waals surface area contributed by atoms with E-state index < -0.39 is 0 Å². The van der Waals surface area contributed by atoms with Crippen LogP contribution in [-0.4, -0.2) is 19.0 Å². The maximum Gasteiger partial charge on any atom is 0.252 e. The number of nitrogens with two attached hydrogens (primary N) is 1. The molecule has 0 heterocycles. The molecule has 0 spiro atoms. The molecule has 1 rings (SSSR count). The van der Waals surface area contributed by atoms with Gasteiger partial charge >= 0.3 is 0 Å². The summed E-state index contributed by atoms with van der Waals surface area (Å²) in [4.78, 5) is 11.7. The van der Waals surface area contributed by atoms with Crippen LogP contribution in [-0.2, 0) is 0 Å². The average Bonchev–Trinajstić information content (AvgIpc) is 2.22. The van der Waals surface area contributed by atoms with E-state index in [0.717, 1.165) is 16.5 Å². The molecular formula is C11H15BrN2O. The maximum atomic E-state index is 11.7. The molecule has 3 N–H and O–H groups in total. The molecule has 0 radical (unpaired) electrons. The number of carbonyl (C=O) groups is 1. The van der Waals surface area contributed by atoms with Crippen LogP contribution in [0.4, 0.5) is 0 Å². The Hall–Kier alpha value is -0.870. The Labute approximate surface area is 98.2 Å². The Balaban J connectivity index is 2.68. The topological polar surface area (TPSA) is 55.1 Å². The van der Waals surface area contributed by atoms with Gasteiger partial charge in [0.15, 0.2) is 0 Å². The molecule has 3 nitrogen and oxygen atoms in total. The van der Waals surface area contributed by atoms with Crippen molar-refractivity contribution in [2.24, 2.45) is 5.73 Å². The van der Waals surface area contributed by atoms with Crippen molar-refractivity contribution in [3.8, 4) is 0 Å². The lowest BCUT2D eigenvalue weighted by Crippen LogP contribution is -2.26. The summed E-state index contributed by atoms with van der Waals surface area (Å²) in [5.74, 6) is -0.0565. The van der Waals surface area contributed by atoms with E-state index in [4.69, 9.17) is 5.73 Å². The van der Waals surface area contributed by atoms with Crippen LogP contribution < -0.4 is 11.1 Å². The van der Waals surface area contributed by atoms with Gasteiger partial charge in [-0.25, -0.2) is 0 Å². The predicted octanol–water partition coefficient (Wildman–Crippen LogP) is 1.84. The summed E-state index contributed by atoms with van der Waals surface area (Å²) in [6.07, 6.45) is 0.801. The first-order valence-electron chi connectivity index (χ1n) is 4.89. The summed E-state index contributed by atoms with van der Waals surface area (Å²) < 4.78 is 0.818. The van der Waals surface area contributed by atoms with E-state index in [1.54, 1.807) is 0 Å². The third-order valence-electron chi connectivity index (χ3n) is 2.03. The third kappa shape index (κ3) is 3.64. The van der Waals surface area contributed by atoms with Crippen LogP contribution in [0.5, 0.6) is 0 Å². The van der Waals surface area contributed by atoms with E-state index in [9.17, 15) is 4.79 Å². The van der Waals surface area contributed by atoms with Gasteiger partial charge in [-0.15, -0.1) is 0 Å². The minimum absolute atomic E-state index is 0.0565. The van der Waals surface area contributed by atoms with Gasteiger partial charge in [-0.05, 0) is 48.0 Å². The van der Waals surface area contributed by atoms with Crippen molar-refractivity contribution in [1.82, 2.24) is 5.32 Å². The van der Waals surface area contributed by atoms with Gasteiger partial charge in [0.05, 0.1) is 5.56 Å². The molecule has 1 aromatic rings. The summed E-state index contributed by atoms with van der Waals surface area (Å²) >= 11 is 3.35. The Morgan fingerprint density at radius 2 is 2.27 bits per heavy atom. The zero-order valence-corrected chi connectivity index (χ0v) is 10.3. The van der Waals surface area contributed by atoms with Gasteiger partial charge in [0.1, 0.15) is 0 Å². The number of amides is 1. The number of hydrogen-bond acceptors (Lipinski definition) is 2. The minimum atomic E-state index is -0.0565. The van der Waals surface area contributed by atoms with E-state index in [2.05, 4.69) is 21.2 Å². The van der Waals surface area contributed by atoms with E-state index in [1.807, 2.05) is 25.1 Å². The van der Waals surface area contributed by atoms with Crippen molar-refractivity contribution in [3.63, 3.8) is 0 Å². The maximum absolute atomic E-state index is 11.7. The highest BCUT2D eigenvalue weighted by Crippen LogP contribution is 2.17. The van der Waals surface area contributed by atoms with Gasteiger partial charge in [-0.2, -0.15) is 0 Å². The fourth-order valence-electron chi connectivity index (χ4n) is 1.21. The second-order valence-corrected chi connectivity index (χ2v) is 4.24. The quantitative estimate of drug-likeness (QED) is 0.821. The molecular weight excluding hydrogens is 256 g/mol. The third-order valence-corrected chi connectivity index (χ3v) is 2.72. The molecule has 0 fully saturated rings. The zero-order valence-electron chi connectivity index (χ0n) is 8.72. The lowest BCUT2D eigenvalue weighted by Gasteiger charge is -2.06. The second-order valence-electron chi connectivity index (χ2n) is 3.38. The van der Waals surface area contributed by atoms with Gasteiger partial charge in [0.2, 0.25) is 0 Å². The lowest BCUT2D eigenvalue weighted by molar-refractivity contribution is 0.0952. The minimum Gasteiger partial charge on any atom is -0.352 e. The Kier molecular flexibility index (Phi) is 4.78. The monoisotopic (exact) mass is 270 g/mol. The van der Waals surface area contributed by atoms with E-state index in [-0.39, 0.29) is 5.91 Å². The average molecular weight is 271 g/mol. The molecule has 0 atom stereocenters. The number of hydrogen-bond donors (Lipinski definition) is 2. The first-order valence-corrected chi connectivity index (χ1v) is 5.69. The van der Waals surface area contributed by atoms with Crippen LogP contribution in [0.1, 0.15) is 22.3 Å². The van der Waals surface area contributed by atoms with Gasteiger partial charge in [0, 0.05) is 11.0 Å². The van der Waals surface area contributed by atoms with Crippen molar-refractivity contribution in [3.05, 3.63) is 33.8 Å². The van der Waals surface area contributed by atoms with Crippen LogP contribution in [0.15, 0.2) is 22.7 Å². The van der Waals surface area contributed by atoms with Crippen LogP contribution >= 0.6 is 15.9 Å². The number of rotatable bonds is 4. The summed E-state index contributed by atoms with van der Waals surface area (Å²) in [5, 5.41) is 2.82. The molecule has 0 aliphatic heterocycles. The number of aryl methyl sites for hydroxylation is 1. The fraction of sp³-hybridized carbons (Fsp3) is 0.364. The van der Waals surface area contributed by atoms with Crippen LogP contribution in [0.2, 0.25) is 0 Å². The van der Waals surface area contributed by atoms with Gasteiger partial charge in [0.25, 0.3) is 5.91 Å². The summed E-state index contributed by atoms with van der Waals surface area (Å²) in [6, 6.07) is 5.70. The highest BCUT2D eigenvalue weighted by atomic mass is 79.9. The highest BCUT2D eigenvalue weighted by molar-refractivity contribution is 9.10. The van der Waals surface area contributed by atoms with Crippen molar-refractivity contribution in [2.45, 2.75) is 13.3 Å². The van der Waals surface area contributed by atoms with E-state index >= 15 is 0 Å². The molecule has 0 aliphatic rings. The SMILES string of the molecule is Cc1ccc(Br)c(C(=O)NCCCN)c1. The molecule has 0 saturated heterocycles. The van der Waals surface area contributed by atoms with Crippen LogP contribution in [0, 0.1) is 6.92 Å². The molecule has 4 heteroatoms. The Morgan fingerprint density at radius 1 is 1.53 bits per heavy atom. The Morgan fingerprint density at radius 3 is 2.93 bits per heavy atom. The smallest absolute Gasteiger partial charge is 0.252 e. The van der Waals surface area contributed by atoms with Crippen LogP contribution in [0.3, 0.4) is 0 Å². The number of nitrogens with one attached hydrogen (secondary N) is 1. The standard InChI is InChI=1S/C11H15BrN2O/c1-8-3-4-10(12)9(7-8)11(15)14-6-2-5-13/h3-4,7H,2,5-6,13H2,1H3,(H,14,15). The molecule has 0 aliphatic carbocycles. The van der Waals surface area contributed by atoms with Gasteiger partial charge in [-0.3, -0.25) is 4.79 Å².